The maximum Gasteiger partial charge on any atom is 0.297 e. The minimum atomic E-state index is -0.734. The molecule has 1 unspecified atom stereocenters. The number of benzene rings is 3. The molecule has 0 N–H and O–H groups in total. The Labute approximate surface area is 227 Å². The summed E-state index contributed by atoms with van der Waals surface area (Å²) in [6, 6.07) is 21.3. The highest BCUT2D eigenvalue weighted by Crippen LogP contribution is 2.42. The molecule has 0 saturated carbocycles. The largest absolute Gasteiger partial charge is 0.489 e. The van der Waals surface area contributed by atoms with Gasteiger partial charge in [-0.2, -0.15) is 0 Å². The molecule has 1 aliphatic heterocycles. The normalized spacial score (nSPS) is 14.7. The minimum Gasteiger partial charge on any atom is -0.489 e. The molecule has 3 aromatic carbocycles. The summed E-state index contributed by atoms with van der Waals surface area (Å²) in [5.41, 5.74) is 2.05. The zero-order valence-electron chi connectivity index (χ0n) is 20.4. The number of aryl methyl sites for hydroxylation is 1. The SMILES string of the molecule is CCCc1nnc(N2C(=O)c3oc4ccc(Cl)cc4c(=O)c3C2c2ccc(OCc3ccccc3)cc2)s1. The number of nitrogens with zero attached hydrogens (tertiary/aromatic N) is 3. The first-order valence-electron chi connectivity index (χ1n) is 12.2. The minimum absolute atomic E-state index is 0.00599. The Bertz CT molecular complexity index is 1700. The highest BCUT2D eigenvalue weighted by Gasteiger charge is 2.45. The lowest BCUT2D eigenvalue weighted by atomic mass is 9.98. The summed E-state index contributed by atoms with van der Waals surface area (Å²) < 4.78 is 11.9. The lowest BCUT2D eigenvalue weighted by molar-refractivity contribution is 0.0970. The summed E-state index contributed by atoms with van der Waals surface area (Å²) in [6.07, 6.45) is 1.66. The Kier molecular flexibility index (Phi) is 6.43. The maximum absolute atomic E-state index is 13.8. The zero-order chi connectivity index (χ0) is 26.2. The average Bonchev–Trinajstić information content (AvgIpc) is 3.51. The van der Waals surface area contributed by atoms with E-state index >= 15 is 0 Å². The van der Waals surface area contributed by atoms with Gasteiger partial charge in [0, 0.05) is 11.4 Å². The Hall–Kier alpha value is -4.01. The molecule has 190 valence electrons. The first-order chi connectivity index (χ1) is 18.5. The van der Waals surface area contributed by atoms with E-state index in [1.807, 2.05) is 54.6 Å². The summed E-state index contributed by atoms with van der Waals surface area (Å²) in [5, 5.41) is 10.5. The molecule has 0 fully saturated rings. The van der Waals surface area contributed by atoms with Crippen LogP contribution >= 0.6 is 22.9 Å². The smallest absolute Gasteiger partial charge is 0.297 e. The van der Waals surface area contributed by atoms with E-state index in [0.717, 1.165) is 29.0 Å². The monoisotopic (exact) mass is 543 g/mol. The number of rotatable bonds is 7. The van der Waals surface area contributed by atoms with Crippen LogP contribution in [0, 0.1) is 0 Å². The molecule has 5 aromatic rings. The van der Waals surface area contributed by atoms with Gasteiger partial charge in [0.15, 0.2) is 5.43 Å². The van der Waals surface area contributed by atoms with E-state index in [2.05, 4.69) is 17.1 Å². The molecular weight excluding hydrogens is 522 g/mol. The van der Waals surface area contributed by atoms with E-state index in [9.17, 15) is 9.59 Å². The molecular formula is C29H22ClN3O4S. The number of amides is 1. The van der Waals surface area contributed by atoms with Crippen LogP contribution < -0.4 is 15.1 Å². The number of carbonyl (C=O) groups is 1. The van der Waals surface area contributed by atoms with Crippen molar-refractivity contribution in [2.24, 2.45) is 0 Å². The fourth-order valence-corrected chi connectivity index (χ4v) is 5.74. The molecule has 2 aromatic heterocycles. The lowest BCUT2D eigenvalue weighted by Gasteiger charge is -2.22. The molecule has 0 spiro atoms. The van der Waals surface area contributed by atoms with Gasteiger partial charge in [-0.05, 0) is 47.9 Å². The van der Waals surface area contributed by atoms with Crippen molar-refractivity contribution in [1.29, 1.82) is 0 Å². The molecule has 0 radical (unpaired) electrons. The number of halogens is 1. The predicted molar refractivity (Wildman–Crippen MR) is 147 cm³/mol. The molecule has 1 amide bonds. The molecule has 0 bridgehead atoms. The second-order valence-electron chi connectivity index (χ2n) is 8.96. The third-order valence-electron chi connectivity index (χ3n) is 6.40. The van der Waals surface area contributed by atoms with E-state index in [4.69, 9.17) is 20.8 Å². The Balaban J connectivity index is 1.43. The van der Waals surface area contributed by atoms with Crippen molar-refractivity contribution in [3.8, 4) is 5.75 Å². The quantitative estimate of drug-likeness (QED) is 0.230. The summed E-state index contributed by atoms with van der Waals surface area (Å²) >= 11 is 7.53. The second-order valence-corrected chi connectivity index (χ2v) is 10.4. The number of aromatic nitrogens is 2. The Morgan fingerprint density at radius 1 is 1.03 bits per heavy atom. The summed E-state index contributed by atoms with van der Waals surface area (Å²) in [6.45, 7) is 2.49. The van der Waals surface area contributed by atoms with Crippen LogP contribution in [0.3, 0.4) is 0 Å². The fourth-order valence-electron chi connectivity index (χ4n) is 4.60. The third-order valence-corrected chi connectivity index (χ3v) is 7.62. The number of hydrogen-bond donors (Lipinski definition) is 0. The van der Waals surface area contributed by atoms with E-state index in [1.54, 1.807) is 18.2 Å². The Morgan fingerprint density at radius 3 is 2.58 bits per heavy atom. The number of ether oxygens (including phenoxy) is 1. The predicted octanol–water partition coefficient (Wildman–Crippen LogP) is 6.58. The first kappa shape index (κ1) is 24.3. The molecule has 38 heavy (non-hydrogen) atoms. The van der Waals surface area contributed by atoms with Gasteiger partial charge in [-0.1, -0.05) is 72.3 Å². The van der Waals surface area contributed by atoms with Crippen LogP contribution in [0.1, 0.15) is 51.6 Å². The zero-order valence-corrected chi connectivity index (χ0v) is 22.0. The van der Waals surface area contributed by atoms with E-state index in [0.29, 0.717) is 33.5 Å². The van der Waals surface area contributed by atoms with Gasteiger partial charge in [0.1, 0.15) is 22.9 Å². The molecule has 0 aliphatic carbocycles. The van der Waals surface area contributed by atoms with Crippen LogP contribution in [0.5, 0.6) is 5.75 Å². The van der Waals surface area contributed by atoms with Crippen molar-refractivity contribution < 1.29 is 13.9 Å². The van der Waals surface area contributed by atoms with Gasteiger partial charge >= 0.3 is 0 Å². The highest BCUT2D eigenvalue weighted by molar-refractivity contribution is 7.15. The summed E-state index contributed by atoms with van der Waals surface area (Å²) in [5.74, 6) is 0.251. The molecule has 1 atom stereocenters. The van der Waals surface area contributed by atoms with Crippen LogP contribution in [0.2, 0.25) is 5.02 Å². The van der Waals surface area contributed by atoms with E-state index in [1.165, 1.54) is 16.2 Å². The van der Waals surface area contributed by atoms with Crippen LogP contribution in [0.25, 0.3) is 11.0 Å². The van der Waals surface area contributed by atoms with Gasteiger partial charge in [0.25, 0.3) is 5.91 Å². The van der Waals surface area contributed by atoms with Crippen molar-refractivity contribution in [2.75, 3.05) is 4.90 Å². The van der Waals surface area contributed by atoms with Crippen LogP contribution in [0.15, 0.2) is 82.0 Å². The van der Waals surface area contributed by atoms with Crippen molar-refractivity contribution in [1.82, 2.24) is 10.2 Å². The van der Waals surface area contributed by atoms with E-state index in [-0.39, 0.29) is 16.8 Å². The number of anilines is 1. The van der Waals surface area contributed by atoms with Crippen molar-refractivity contribution in [3.05, 3.63) is 116 Å². The van der Waals surface area contributed by atoms with Crippen LogP contribution in [-0.2, 0) is 13.0 Å². The second kappa shape index (κ2) is 10.0. The van der Waals surface area contributed by atoms with Gasteiger partial charge < -0.3 is 9.15 Å². The van der Waals surface area contributed by atoms with Crippen molar-refractivity contribution >= 4 is 44.9 Å². The van der Waals surface area contributed by atoms with Crippen LogP contribution in [0.4, 0.5) is 5.13 Å². The standard InChI is InChI=1S/C29H22ClN3O4S/c1-2-6-23-31-32-29(38-23)33-25(18-9-12-20(13-10-18)36-16-17-7-4-3-5-8-17)24-26(34)21-15-19(30)11-14-22(21)37-27(24)28(33)35/h3-5,7-15,25H,2,6,16H2,1H3. The molecule has 3 heterocycles. The van der Waals surface area contributed by atoms with Crippen molar-refractivity contribution in [2.45, 2.75) is 32.4 Å². The summed E-state index contributed by atoms with van der Waals surface area (Å²) in [4.78, 5) is 29.0. The van der Waals surface area contributed by atoms with Gasteiger partial charge in [0.2, 0.25) is 10.9 Å². The first-order valence-corrected chi connectivity index (χ1v) is 13.4. The molecule has 6 rings (SSSR count). The molecule has 0 saturated heterocycles. The van der Waals surface area contributed by atoms with Gasteiger partial charge in [-0.3, -0.25) is 14.5 Å². The molecule has 7 nitrogen and oxygen atoms in total. The maximum atomic E-state index is 13.8. The van der Waals surface area contributed by atoms with Gasteiger partial charge in [-0.25, -0.2) is 0 Å². The number of hydrogen-bond acceptors (Lipinski definition) is 7. The summed E-state index contributed by atoms with van der Waals surface area (Å²) in [7, 11) is 0. The average molecular weight is 544 g/mol. The third kappa shape index (κ3) is 4.36. The number of carbonyl (C=O) groups excluding carboxylic acids is 1. The van der Waals surface area contributed by atoms with Crippen molar-refractivity contribution in [3.63, 3.8) is 0 Å². The van der Waals surface area contributed by atoms with Crippen LogP contribution in [-0.4, -0.2) is 16.1 Å². The van der Waals surface area contributed by atoms with Gasteiger partial charge in [0.05, 0.1) is 17.0 Å². The number of fused-ring (bicyclic) bond motifs is 2. The molecule has 9 heteroatoms. The lowest BCUT2D eigenvalue weighted by Crippen LogP contribution is -2.29. The fraction of sp³-hybridized carbons (Fsp3) is 0.172. The van der Waals surface area contributed by atoms with E-state index < -0.39 is 11.9 Å². The Morgan fingerprint density at radius 2 is 1.82 bits per heavy atom. The molecule has 1 aliphatic rings. The topological polar surface area (TPSA) is 85.5 Å². The highest BCUT2D eigenvalue weighted by atomic mass is 35.5. The van der Waals surface area contributed by atoms with Gasteiger partial charge in [-0.15, -0.1) is 10.2 Å².